The van der Waals surface area contributed by atoms with E-state index in [1.54, 1.807) is 24.3 Å². The van der Waals surface area contributed by atoms with Crippen LogP contribution in [0, 0.1) is 11.3 Å². The number of hydrogen-bond donors (Lipinski definition) is 1. The lowest BCUT2D eigenvalue weighted by molar-refractivity contribution is -0.120. The standard InChI is InChI=1S/C14H19N3O/c1-4-17(5-2)11(3)14(18)16-13-8-6-7-12(9-13)10-15/h6-9,11H,4-5H2,1-3H3,(H,16,18). The predicted molar refractivity (Wildman–Crippen MR) is 72.2 cm³/mol. The summed E-state index contributed by atoms with van der Waals surface area (Å²) >= 11 is 0. The molecule has 0 radical (unpaired) electrons. The number of nitriles is 1. The minimum Gasteiger partial charge on any atom is -0.325 e. The van der Waals surface area contributed by atoms with Gasteiger partial charge in [0, 0.05) is 5.69 Å². The van der Waals surface area contributed by atoms with Crippen molar-refractivity contribution < 1.29 is 4.79 Å². The Kier molecular flexibility index (Phi) is 5.34. The number of carbonyl (C=O) groups excluding carboxylic acids is 1. The molecule has 18 heavy (non-hydrogen) atoms. The smallest absolute Gasteiger partial charge is 0.241 e. The van der Waals surface area contributed by atoms with Gasteiger partial charge in [-0.25, -0.2) is 0 Å². The summed E-state index contributed by atoms with van der Waals surface area (Å²) in [5.41, 5.74) is 1.21. The van der Waals surface area contributed by atoms with E-state index in [0.29, 0.717) is 11.3 Å². The number of benzene rings is 1. The molecule has 0 spiro atoms. The Morgan fingerprint density at radius 2 is 2.11 bits per heavy atom. The summed E-state index contributed by atoms with van der Waals surface area (Å²) in [7, 11) is 0. The third kappa shape index (κ3) is 3.57. The van der Waals surface area contributed by atoms with E-state index in [-0.39, 0.29) is 11.9 Å². The quantitative estimate of drug-likeness (QED) is 0.865. The monoisotopic (exact) mass is 245 g/mol. The minimum absolute atomic E-state index is 0.0474. The van der Waals surface area contributed by atoms with Gasteiger partial charge in [-0.1, -0.05) is 19.9 Å². The number of carbonyl (C=O) groups is 1. The van der Waals surface area contributed by atoms with Crippen molar-refractivity contribution in [1.29, 1.82) is 5.26 Å². The van der Waals surface area contributed by atoms with Gasteiger partial charge in [0.1, 0.15) is 0 Å². The Morgan fingerprint density at radius 1 is 1.44 bits per heavy atom. The van der Waals surface area contributed by atoms with Crippen LogP contribution < -0.4 is 5.32 Å². The molecule has 1 amide bonds. The molecule has 0 saturated carbocycles. The number of rotatable bonds is 5. The first-order valence-corrected chi connectivity index (χ1v) is 6.17. The highest BCUT2D eigenvalue weighted by molar-refractivity contribution is 5.94. The highest BCUT2D eigenvalue weighted by Crippen LogP contribution is 2.11. The van der Waals surface area contributed by atoms with Crippen LogP contribution in [-0.2, 0) is 4.79 Å². The third-order valence-electron chi connectivity index (χ3n) is 3.00. The number of amides is 1. The van der Waals surface area contributed by atoms with Crippen molar-refractivity contribution in [2.24, 2.45) is 0 Å². The van der Waals surface area contributed by atoms with Gasteiger partial charge in [-0.05, 0) is 38.2 Å². The Bertz CT molecular complexity index is 447. The van der Waals surface area contributed by atoms with E-state index in [0.717, 1.165) is 13.1 Å². The molecule has 0 saturated heterocycles. The van der Waals surface area contributed by atoms with Gasteiger partial charge in [-0.3, -0.25) is 9.69 Å². The van der Waals surface area contributed by atoms with Gasteiger partial charge < -0.3 is 5.32 Å². The topological polar surface area (TPSA) is 56.1 Å². The number of nitrogens with zero attached hydrogens (tertiary/aromatic N) is 2. The maximum Gasteiger partial charge on any atom is 0.241 e. The van der Waals surface area contributed by atoms with Crippen molar-refractivity contribution in [3.63, 3.8) is 0 Å². The molecule has 0 aliphatic heterocycles. The minimum atomic E-state index is -0.175. The average Bonchev–Trinajstić information content (AvgIpc) is 2.40. The third-order valence-corrected chi connectivity index (χ3v) is 3.00. The van der Waals surface area contributed by atoms with Crippen molar-refractivity contribution in [2.45, 2.75) is 26.8 Å². The molecule has 0 aliphatic rings. The van der Waals surface area contributed by atoms with E-state index in [4.69, 9.17) is 5.26 Å². The van der Waals surface area contributed by atoms with E-state index in [1.807, 2.05) is 20.8 Å². The number of hydrogen-bond acceptors (Lipinski definition) is 3. The van der Waals surface area contributed by atoms with Crippen LogP contribution in [0.2, 0.25) is 0 Å². The molecule has 1 atom stereocenters. The second-order valence-electron chi connectivity index (χ2n) is 4.08. The zero-order valence-electron chi connectivity index (χ0n) is 11.1. The maximum atomic E-state index is 12.0. The molecule has 1 aromatic rings. The van der Waals surface area contributed by atoms with Crippen molar-refractivity contribution in [3.8, 4) is 6.07 Å². The molecular formula is C14H19N3O. The van der Waals surface area contributed by atoms with Crippen molar-refractivity contribution in [1.82, 2.24) is 4.90 Å². The van der Waals surface area contributed by atoms with Crippen LogP contribution in [-0.4, -0.2) is 29.9 Å². The van der Waals surface area contributed by atoms with Gasteiger partial charge in [0.05, 0.1) is 17.7 Å². The normalized spacial score (nSPS) is 11.9. The van der Waals surface area contributed by atoms with Crippen LogP contribution in [0.5, 0.6) is 0 Å². The molecule has 4 nitrogen and oxygen atoms in total. The number of anilines is 1. The molecule has 0 fully saturated rings. The van der Waals surface area contributed by atoms with E-state index < -0.39 is 0 Å². The Balaban J connectivity index is 2.72. The molecule has 0 aromatic heterocycles. The van der Waals surface area contributed by atoms with E-state index in [1.165, 1.54) is 0 Å². The van der Waals surface area contributed by atoms with Crippen LogP contribution in [0.4, 0.5) is 5.69 Å². The first-order valence-electron chi connectivity index (χ1n) is 6.17. The molecule has 0 aliphatic carbocycles. The lowest BCUT2D eigenvalue weighted by atomic mass is 10.2. The van der Waals surface area contributed by atoms with Gasteiger partial charge in [0.25, 0.3) is 0 Å². The SMILES string of the molecule is CCN(CC)C(C)C(=O)Nc1cccc(C#N)c1. The van der Waals surface area contributed by atoms with Gasteiger partial charge in [-0.15, -0.1) is 0 Å². The van der Waals surface area contributed by atoms with Crippen molar-refractivity contribution in [3.05, 3.63) is 29.8 Å². The van der Waals surface area contributed by atoms with Crippen LogP contribution in [0.3, 0.4) is 0 Å². The summed E-state index contributed by atoms with van der Waals surface area (Å²) in [6.07, 6.45) is 0. The molecule has 0 bridgehead atoms. The summed E-state index contributed by atoms with van der Waals surface area (Å²) in [5, 5.41) is 11.6. The lowest BCUT2D eigenvalue weighted by Gasteiger charge is -2.25. The molecule has 1 unspecified atom stereocenters. The van der Waals surface area contributed by atoms with Gasteiger partial charge in [-0.2, -0.15) is 5.26 Å². The second-order valence-corrected chi connectivity index (χ2v) is 4.08. The average molecular weight is 245 g/mol. The van der Waals surface area contributed by atoms with Crippen LogP contribution in [0.25, 0.3) is 0 Å². The molecule has 96 valence electrons. The van der Waals surface area contributed by atoms with E-state index >= 15 is 0 Å². The van der Waals surface area contributed by atoms with Gasteiger partial charge in [0.15, 0.2) is 0 Å². The lowest BCUT2D eigenvalue weighted by Crippen LogP contribution is -2.41. The predicted octanol–water partition coefficient (Wildman–Crippen LogP) is 2.23. The highest BCUT2D eigenvalue weighted by Gasteiger charge is 2.18. The Labute approximate surface area is 108 Å². The van der Waals surface area contributed by atoms with Crippen molar-refractivity contribution >= 4 is 11.6 Å². The van der Waals surface area contributed by atoms with Gasteiger partial charge in [0.2, 0.25) is 5.91 Å². The number of nitrogens with one attached hydrogen (secondary N) is 1. The van der Waals surface area contributed by atoms with Crippen LogP contribution >= 0.6 is 0 Å². The Hall–Kier alpha value is -1.86. The zero-order valence-corrected chi connectivity index (χ0v) is 11.1. The molecule has 1 N–H and O–H groups in total. The fraction of sp³-hybridized carbons (Fsp3) is 0.429. The fourth-order valence-electron chi connectivity index (χ4n) is 1.85. The second kappa shape index (κ2) is 6.77. The summed E-state index contributed by atoms with van der Waals surface area (Å²) in [6.45, 7) is 7.62. The largest absolute Gasteiger partial charge is 0.325 e. The summed E-state index contributed by atoms with van der Waals surface area (Å²) in [6, 6.07) is 8.81. The molecular weight excluding hydrogens is 226 g/mol. The Morgan fingerprint density at radius 3 is 2.67 bits per heavy atom. The molecule has 1 aromatic carbocycles. The first-order chi connectivity index (χ1) is 8.62. The summed E-state index contributed by atoms with van der Waals surface area (Å²) in [4.78, 5) is 14.1. The molecule has 0 heterocycles. The van der Waals surface area contributed by atoms with E-state index in [9.17, 15) is 4.79 Å². The first kappa shape index (κ1) is 14.2. The van der Waals surface area contributed by atoms with Gasteiger partial charge >= 0.3 is 0 Å². The van der Waals surface area contributed by atoms with Crippen LogP contribution in [0.15, 0.2) is 24.3 Å². The molecule has 1 rings (SSSR count). The molecule has 4 heteroatoms. The van der Waals surface area contributed by atoms with Crippen molar-refractivity contribution in [2.75, 3.05) is 18.4 Å². The summed E-state index contributed by atoms with van der Waals surface area (Å²) in [5.74, 6) is -0.0474. The van der Waals surface area contributed by atoms with E-state index in [2.05, 4.69) is 16.3 Å². The maximum absolute atomic E-state index is 12.0. The fourth-order valence-corrected chi connectivity index (χ4v) is 1.85. The summed E-state index contributed by atoms with van der Waals surface area (Å²) < 4.78 is 0. The highest BCUT2D eigenvalue weighted by atomic mass is 16.2. The van der Waals surface area contributed by atoms with Crippen LogP contribution in [0.1, 0.15) is 26.3 Å². The zero-order chi connectivity index (χ0) is 13.5. The number of likely N-dealkylation sites (N-methyl/N-ethyl adjacent to an activating group) is 1.